The summed E-state index contributed by atoms with van der Waals surface area (Å²) in [5.41, 5.74) is 16.3. The van der Waals surface area contributed by atoms with Gasteiger partial charge in [-0.2, -0.15) is 0 Å². The first-order valence-electron chi connectivity index (χ1n) is 11.0. The molecule has 0 radical (unpaired) electrons. The van der Waals surface area contributed by atoms with Gasteiger partial charge in [0.2, 0.25) is 6.79 Å². The molecule has 0 saturated heterocycles. The van der Waals surface area contributed by atoms with Crippen LogP contribution in [-0.4, -0.2) is 38.7 Å². The predicted octanol–water partition coefficient (Wildman–Crippen LogP) is 2.86. The van der Waals surface area contributed by atoms with Crippen LogP contribution >= 0.6 is 0 Å². The summed E-state index contributed by atoms with van der Waals surface area (Å²) in [6.07, 6.45) is 3.49. The Morgan fingerprint density at radius 3 is 2.27 bits per heavy atom. The van der Waals surface area contributed by atoms with Crippen LogP contribution in [0.3, 0.4) is 0 Å². The Morgan fingerprint density at radius 2 is 1.64 bits per heavy atom. The number of aromatic nitrogens is 1. The highest BCUT2D eigenvalue weighted by atomic mass is 16.7. The van der Waals surface area contributed by atoms with Crippen LogP contribution in [0.25, 0.3) is 27.6 Å². The van der Waals surface area contributed by atoms with Crippen LogP contribution < -0.4 is 36.0 Å². The Kier molecular flexibility index (Phi) is 5.47. The maximum Gasteiger partial charge on any atom is 0.259 e. The number of fused-ring (bicyclic) bond motifs is 6. The molecule has 8 nitrogen and oxygen atoms in total. The maximum atomic E-state index is 13.8. The minimum absolute atomic E-state index is 0.0955. The highest BCUT2D eigenvalue weighted by Gasteiger charge is 2.33. The number of hydrogen-bond acceptors (Lipinski definition) is 7. The van der Waals surface area contributed by atoms with Gasteiger partial charge in [-0.05, 0) is 61.3 Å². The van der Waals surface area contributed by atoms with Crippen molar-refractivity contribution in [2.45, 2.75) is 19.4 Å². The largest absolute Gasteiger partial charge is 0.493 e. The van der Waals surface area contributed by atoms with E-state index in [9.17, 15) is 4.79 Å². The normalized spacial score (nSPS) is 14.6. The molecular weight excluding hydrogens is 422 g/mol. The number of nitrogens with zero attached hydrogens (tertiary/aromatic N) is 1. The third-order valence-electron chi connectivity index (χ3n) is 6.20. The summed E-state index contributed by atoms with van der Waals surface area (Å²) >= 11 is 0. The van der Waals surface area contributed by atoms with Crippen molar-refractivity contribution in [3.05, 3.63) is 51.8 Å². The fourth-order valence-electron chi connectivity index (χ4n) is 4.72. The monoisotopic (exact) mass is 449 g/mol. The highest BCUT2D eigenvalue weighted by molar-refractivity contribution is 6.10. The van der Waals surface area contributed by atoms with Crippen LogP contribution in [0.5, 0.6) is 23.0 Å². The summed E-state index contributed by atoms with van der Waals surface area (Å²) in [5, 5.41) is 1.37. The van der Waals surface area contributed by atoms with Crippen LogP contribution in [0, 0.1) is 0 Å². The quantitative estimate of drug-likeness (QED) is 0.446. The van der Waals surface area contributed by atoms with Crippen molar-refractivity contribution in [2.75, 3.05) is 34.1 Å². The standard InChI is InChI=1S/C25H27N3O5/c1-30-19-10-16-18(12-20(19)31-2)25(29)28(8-4-7-27)24-17-11-22-21(32-13-33-22)9-15(17)14(23(16)24)5-3-6-26/h5,9-12H,3-4,6-8,13,26-27H2,1-2H3/b14-5+. The second kappa shape index (κ2) is 8.46. The van der Waals surface area contributed by atoms with Crippen molar-refractivity contribution < 1.29 is 18.9 Å². The van der Waals surface area contributed by atoms with Gasteiger partial charge < -0.3 is 35.0 Å². The molecule has 3 aromatic rings. The molecule has 0 atom stereocenters. The van der Waals surface area contributed by atoms with Crippen molar-refractivity contribution in [3.63, 3.8) is 0 Å². The number of rotatable bonds is 7. The van der Waals surface area contributed by atoms with E-state index in [0.29, 0.717) is 60.9 Å². The fourth-order valence-corrected chi connectivity index (χ4v) is 4.72. The Labute approximate surface area is 191 Å². The molecule has 0 fully saturated rings. The van der Waals surface area contributed by atoms with Gasteiger partial charge >= 0.3 is 0 Å². The van der Waals surface area contributed by atoms with Crippen LogP contribution in [-0.2, 0) is 6.54 Å². The second-order valence-corrected chi connectivity index (χ2v) is 8.02. The average Bonchev–Trinajstić information content (AvgIpc) is 3.42. The Hall–Kier alpha value is -3.49. The van der Waals surface area contributed by atoms with Gasteiger partial charge in [0, 0.05) is 23.1 Å². The molecule has 33 heavy (non-hydrogen) atoms. The van der Waals surface area contributed by atoms with E-state index in [-0.39, 0.29) is 12.4 Å². The third-order valence-corrected chi connectivity index (χ3v) is 6.20. The highest BCUT2D eigenvalue weighted by Crippen LogP contribution is 2.51. The molecular formula is C25H27N3O5. The molecule has 1 aliphatic heterocycles. The third kappa shape index (κ3) is 3.25. The summed E-state index contributed by atoms with van der Waals surface area (Å²) in [6, 6.07) is 7.59. The fraction of sp³-hybridized carbons (Fsp3) is 0.320. The lowest BCUT2D eigenvalue weighted by atomic mass is 9.97. The molecule has 0 spiro atoms. The summed E-state index contributed by atoms with van der Waals surface area (Å²) in [5.74, 6) is 2.44. The molecule has 4 N–H and O–H groups in total. The first-order chi connectivity index (χ1) is 16.1. The predicted molar refractivity (Wildman–Crippen MR) is 127 cm³/mol. The van der Waals surface area contributed by atoms with E-state index in [0.717, 1.165) is 33.3 Å². The first kappa shape index (κ1) is 21.4. The number of ether oxygens (including phenoxy) is 4. The minimum Gasteiger partial charge on any atom is -0.493 e. The lowest BCUT2D eigenvalue weighted by Gasteiger charge is -2.17. The van der Waals surface area contributed by atoms with E-state index in [1.54, 1.807) is 20.3 Å². The molecule has 0 amide bonds. The van der Waals surface area contributed by atoms with E-state index in [1.165, 1.54) is 0 Å². The average molecular weight is 450 g/mol. The van der Waals surface area contributed by atoms with Gasteiger partial charge in [-0.1, -0.05) is 6.08 Å². The van der Waals surface area contributed by atoms with Crippen molar-refractivity contribution >= 4 is 16.3 Å². The number of hydrogen-bond donors (Lipinski definition) is 2. The maximum absolute atomic E-state index is 13.8. The molecule has 0 bridgehead atoms. The molecule has 172 valence electrons. The summed E-state index contributed by atoms with van der Waals surface area (Å²) in [4.78, 5) is 13.8. The molecule has 1 aliphatic carbocycles. The van der Waals surface area contributed by atoms with Gasteiger partial charge in [-0.15, -0.1) is 0 Å². The smallest absolute Gasteiger partial charge is 0.259 e. The number of methoxy groups -OCH3 is 2. The SMILES string of the molecule is COc1cc2c3c(n(CCCN)c(=O)c2cc1OC)-c1cc2c(cc1/C3=C\CCN)OCO2. The Morgan fingerprint density at radius 1 is 0.970 bits per heavy atom. The summed E-state index contributed by atoms with van der Waals surface area (Å²) < 4.78 is 24.2. The van der Waals surface area contributed by atoms with Crippen LogP contribution in [0.1, 0.15) is 24.0 Å². The number of pyridine rings is 1. The topological polar surface area (TPSA) is 111 Å². The summed E-state index contributed by atoms with van der Waals surface area (Å²) in [7, 11) is 3.15. The van der Waals surface area contributed by atoms with Crippen molar-refractivity contribution in [1.82, 2.24) is 4.57 Å². The van der Waals surface area contributed by atoms with Crippen LogP contribution in [0.4, 0.5) is 0 Å². The Bertz CT molecular complexity index is 1340. The van der Waals surface area contributed by atoms with Gasteiger partial charge in [0.1, 0.15) is 0 Å². The lowest BCUT2D eigenvalue weighted by Crippen LogP contribution is -2.24. The van der Waals surface area contributed by atoms with Crippen LogP contribution in [0.15, 0.2) is 35.1 Å². The van der Waals surface area contributed by atoms with Gasteiger partial charge in [0.15, 0.2) is 23.0 Å². The molecule has 0 saturated carbocycles. The van der Waals surface area contributed by atoms with Crippen molar-refractivity contribution in [1.29, 1.82) is 0 Å². The first-order valence-corrected chi connectivity index (χ1v) is 11.0. The zero-order valence-corrected chi connectivity index (χ0v) is 18.8. The van der Waals surface area contributed by atoms with Crippen molar-refractivity contribution in [3.8, 4) is 34.3 Å². The van der Waals surface area contributed by atoms with Gasteiger partial charge in [0.25, 0.3) is 5.56 Å². The molecule has 2 aliphatic rings. The molecule has 1 aromatic heterocycles. The molecule has 8 heteroatoms. The lowest BCUT2D eigenvalue weighted by molar-refractivity contribution is 0.174. The summed E-state index contributed by atoms with van der Waals surface area (Å²) in [6.45, 7) is 1.68. The van der Waals surface area contributed by atoms with E-state index in [4.69, 9.17) is 30.4 Å². The molecule has 0 unspecified atom stereocenters. The van der Waals surface area contributed by atoms with Gasteiger partial charge in [0.05, 0.1) is 25.3 Å². The van der Waals surface area contributed by atoms with Crippen molar-refractivity contribution in [2.24, 2.45) is 11.5 Å². The van der Waals surface area contributed by atoms with E-state index < -0.39 is 0 Å². The molecule has 5 rings (SSSR count). The molecule has 2 heterocycles. The van der Waals surface area contributed by atoms with E-state index in [2.05, 4.69) is 6.08 Å². The minimum atomic E-state index is -0.0955. The zero-order valence-electron chi connectivity index (χ0n) is 18.8. The Balaban J connectivity index is 1.92. The van der Waals surface area contributed by atoms with Gasteiger partial charge in [-0.3, -0.25) is 4.79 Å². The van der Waals surface area contributed by atoms with Crippen LogP contribution in [0.2, 0.25) is 0 Å². The number of benzene rings is 2. The van der Waals surface area contributed by atoms with E-state index in [1.807, 2.05) is 22.8 Å². The zero-order chi connectivity index (χ0) is 23.1. The number of nitrogens with two attached hydrogens (primary N) is 2. The molecule has 2 aromatic carbocycles. The second-order valence-electron chi connectivity index (χ2n) is 8.02. The van der Waals surface area contributed by atoms with E-state index >= 15 is 0 Å². The van der Waals surface area contributed by atoms with Gasteiger partial charge in [-0.25, -0.2) is 0 Å².